The molecule has 0 saturated carbocycles. The fourth-order valence-electron chi connectivity index (χ4n) is 0.715. The highest BCUT2D eigenvalue weighted by Crippen LogP contribution is 1.91. The van der Waals surface area contributed by atoms with Crippen LogP contribution in [-0.4, -0.2) is 26.3 Å². The van der Waals surface area contributed by atoms with Crippen LogP contribution in [0.3, 0.4) is 0 Å². The molecule has 3 nitrogen and oxygen atoms in total. The summed E-state index contributed by atoms with van der Waals surface area (Å²) in [5.74, 6) is -0.269. The first-order valence-electron chi connectivity index (χ1n) is 4.13. The van der Waals surface area contributed by atoms with Gasteiger partial charge >= 0.3 is 5.97 Å². The highest BCUT2D eigenvalue weighted by Gasteiger charge is 1.91. The normalized spacial score (nSPS) is 10.5. The summed E-state index contributed by atoms with van der Waals surface area (Å²) in [6.07, 6.45) is 5.05. The minimum Gasteiger partial charge on any atom is -0.463 e. The Balaban J connectivity index is 3.29. The lowest BCUT2D eigenvalue weighted by molar-refractivity contribution is -0.137. The van der Waals surface area contributed by atoms with Crippen LogP contribution in [-0.2, 0) is 14.3 Å². The van der Waals surface area contributed by atoms with Crippen molar-refractivity contribution in [1.82, 2.24) is 0 Å². The highest BCUT2D eigenvalue weighted by molar-refractivity contribution is 5.81. The maximum atomic E-state index is 10.7. The van der Waals surface area contributed by atoms with Gasteiger partial charge in [0.2, 0.25) is 0 Å². The molecular formula is C9H16O3. The van der Waals surface area contributed by atoms with Gasteiger partial charge in [0.05, 0.1) is 6.61 Å². The number of methoxy groups -OCH3 is 1. The molecule has 0 aromatic carbocycles. The average Bonchev–Trinajstić information content (AvgIpc) is 2.05. The first kappa shape index (κ1) is 11.2. The molecule has 0 aliphatic heterocycles. The van der Waals surface area contributed by atoms with E-state index in [1.165, 1.54) is 6.08 Å². The fraction of sp³-hybridized carbons (Fsp3) is 0.667. The van der Waals surface area contributed by atoms with Gasteiger partial charge in [-0.1, -0.05) is 6.08 Å². The average molecular weight is 172 g/mol. The van der Waals surface area contributed by atoms with Crippen LogP contribution in [0.25, 0.3) is 0 Å². The summed E-state index contributed by atoms with van der Waals surface area (Å²) in [5.41, 5.74) is 0. The van der Waals surface area contributed by atoms with Crippen molar-refractivity contribution < 1.29 is 14.3 Å². The van der Waals surface area contributed by atoms with Gasteiger partial charge in [-0.2, -0.15) is 0 Å². The van der Waals surface area contributed by atoms with Crippen molar-refractivity contribution in [3.8, 4) is 0 Å². The number of rotatable bonds is 6. The first-order chi connectivity index (χ1) is 5.81. The van der Waals surface area contributed by atoms with Crippen molar-refractivity contribution in [3.63, 3.8) is 0 Å². The third-order valence-electron chi connectivity index (χ3n) is 1.26. The fourth-order valence-corrected chi connectivity index (χ4v) is 0.715. The lowest BCUT2D eigenvalue weighted by Gasteiger charge is -1.95. The molecule has 0 heterocycles. The SMILES string of the molecule is CCOC(=O)/C=C/CCCOC. The molecule has 0 atom stereocenters. The predicted octanol–water partition coefficient (Wildman–Crippen LogP) is 1.53. The lowest BCUT2D eigenvalue weighted by atomic mass is 10.3. The second-order valence-corrected chi connectivity index (χ2v) is 2.29. The van der Waals surface area contributed by atoms with Crippen LogP contribution in [0.15, 0.2) is 12.2 Å². The van der Waals surface area contributed by atoms with Crippen molar-refractivity contribution in [3.05, 3.63) is 12.2 Å². The third kappa shape index (κ3) is 7.28. The van der Waals surface area contributed by atoms with Crippen molar-refractivity contribution in [2.75, 3.05) is 20.3 Å². The summed E-state index contributed by atoms with van der Waals surface area (Å²) in [6, 6.07) is 0. The van der Waals surface area contributed by atoms with Crippen LogP contribution >= 0.6 is 0 Å². The van der Waals surface area contributed by atoms with E-state index in [0.717, 1.165) is 19.4 Å². The number of carbonyl (C=O) groups is 1. The monoisotopic (exact) mass is 172 g/mol. The molecule has 12 heavy (non-hydrogen) atoms. The molecule has 0 aromatic rings. The summed E-state index contributed by atoms with van der Waals surface area (Å²) in [5, 5.41) is 0. The molecule has 0 radical (unpaired) electrons. The van der Waals surface area contributed by atoms with E-state index >= 15 is 0 Å². The number of ether oxygens (including phenoxy) is 2. The first-order valence-corrected chi connectivity index (χ1v) is 4.13. The van der Waals surface area contributed by atoms with Gasteiger partial charge in [0.25, 0.3) is 0 Å². The lowest BCUT2D eigenvalue weighted by Crippen LogP contribution is -1.98. The minimum absolute atomic E-state index is 0.269. The molecule has 3 heteroatoms. The van der Waals surface area contributed by atoms with Crippen LogP contribution in [0.4, 0.5) is 0 Å². The quantitative estimate of drug-likeness (QED) is 0.346. The summed E-state index contributed by atoms with van der Waals surface area (Å²) in [7, 11) is 1.66. The van der Waals surface area contributed by atoms with E-state index in [-0.39, 0.29) is 5.97 Å². The van der Waals surface area contributed by atoms with Crippen LogP contribution in [0.5, 0.6) is 0 Å². The smallest absolute Gasteiger partial charge is 0.330 e. The van der Waals surface area contributed by atoms with Gasteiger partial charge in [-0.3, -0.25) is 0 Å². The Morgan fingerprint density at radius 2 is 2.25 bits per heavy atom. The molecule has 0 unspecified atom stereocenters. The standard InChI is InChI=1S/C9H16O3/c1-3-12-9(10)7-5-4-6-8-11-2/h5,7H,3-4,6,8H2,1-2H3/b7-5+. The third-order valence-corrected chi connectivity index (χ3v) is 1.26. The van der Waals surface area contributed by atoms with Gasteiger partial charge < -0.3 is 9.47 Å². The van der Waals surface area contributed by atoms with Gasteiger partial charge in [-0.15, -0.1) is 0 Å². The Labute approximate surface area is 73.4 Å². The van der Waals surface area contributed by atoms with Crippen LogP contribution < -0.4 is 0 Å². The zero-order valence-corrected chi connectivity index (χ0v) is 7.71. The molecule has 70 valence electrons. The molecule has 0 rings (SSSR count). The van der Waals surface area contributed by atoms with E-state index in [0.29, 0.717) is 6.61 Å². The number of unbranched alkanes of at least 4 members (excludes halogenated alkanes) is 1. The Morgan fingerprint density at radius 3 is 2.83 bits per heavy atom. The maximum absolute atomic E-state index is 10.7. The zero-order chi connectivity index (χ0) is 9.23. The zero-order valence-electron chi connectivity index (χ0n) is 7.71. The molecule has 0 aromatic heterocycles. The summed E-state index contributed by atoms with van der Waals surface area (Å²) in [4.78, 5) is 10.7. The maximum Gasteiger partial charge on any atom is 0.330 e. The topological polar surface area (TPSA) is 35.5 Å². The van der Waals surface area contributed by atoms with Crippen molar-refractivity contribution >= 4 is 5.97 Å². The molecule has 0 amide bonds. The molecule has 0 N–H and O–H groups in total. The Morgan fingerprint density at radius 1 is 1.50 bits per heavy atom. The van der Waals surface area contributed by atoms with E-state index in [2.05, 4.69) is 0 Å². The van der Waals surface area contributed by atoms with Crippen molar-refractivity contribution in [2.24, 2.45) is 0 Å². The summed E-state index contributed by atoms with van der Waals surface area (Å²) < 4.78 is 9.54. The van der Waals surface area contributed by atoms with Gasteiger partial charge in [0, 0.05) is 19.8 Å². The van der Waals surface area contributed by atoms with Gasteiger partial charge in [-0.05, 0) is 19.8 Å². The van der Waals surface area contributed by atoms with Crippen LogP contribution in [0, 0.1) is 0 Å². The second kappa shape index (κ2) is 8.27. The number of esters is 1. The van der Waals surface area contributed by atoms with Gasteiger partial charge in [0.1, 0.15) is 0 Å². The van der Waals surface area contributed by atoms with E-state index < -0.39 is 0 Å². The van der Waals surface area contributed by atoms with E-state index in [4.69, 9.17) is 9.47 Å². The highest BCUT2D eigenvalue weighted by atomic mass is 16.5. The second-order valence-electron chi connectivity index (χ2n) is 2.29. The largest absolute Gasteiger partial charge is 0.463 e. The molecule has 0 saturated heterocycles. The predicted molar refractivity (Wildman–Crippen MR) is 46.9 cm³/mol. The van der Waals surface area contributed by atoms with Gasteiger partial charge in [-0.25, -0.2) is 4.79 Å². The molecular weight excluding hydrogens is 156 g/mol. The van der Waals surface area contributed by atoms with E-state index in [1.54, 1.807) is 20.1 Å². The van der Waals surface area contributed by atoms with Crippen molar-refractivity contribution in [2.45, 2.75) is 19.8 Å². The van der Waals surface area contributed by atoms with E-state index in [1.807, 2.05) is 0 Å². The number of hydrogen-bond acceptors (Lipinski definition) is 3. The Hall–Kier alpha value is -0.830. The molecule has 0 spiro atoms. The number of hydrogen-bond donors (Lipinski definition) is 0. The summed E-state index contributed by atoms with van der Waals surface area (Å²) in [6.45, 7) is 2.95. The van der Waals surface area contributed by atoms with E-state index in [9.17, 15) is 4.79 Å². The van der Waals surface area contributed by atoms with Gasteiger partial charge in [0.15, 0.2) is 0 Å². The number of carbonyl (C=O) groups excluding carboxylic acids is 1. The summed E-state index contributed by atoms with van der Waals surface area (Å²) >= 11 is 0. The molecule has 0 bridgehead atoms. The minimum atomic E-state index is -0.269. The molecule has 0 fully saturated rings. The Kier molecular flexibility index (Phi) is 7.70. The van der Waals surface area contributed by atoms with Crippen LogP contribution in [0.2, 0.25) is 0 Å². The van der Waals surface area contributed by atoms with Crippen LogP contribution in [0.1, 0.15) is 19.8 Å². The van der Waals surface area contributed by atoms with Crippen molar-refractivity contribution in [1.29, 1.82) is 0 Å². The number of allylic oxidation sites excluding steroid dienone is 1. The molecule has 0 aliphatic carbocycles. The Bertz CT molecular complexity index is 141. The molecule has 0 aliphatic rings.